The first-order valence-corrected chi connectivity index (χ1v) is 8.51. The molecule has 0 atom stereocenters. The fourth-order valence-corrected chi connectivity index (χ4v) is 4.22. The summed E-state index contributed by atoms with van der Waals surface area (Å²) >= 11 is 0. The minimum Gasteiger partial charge on any atom is -0.357 e. The lowest BCUT2D eigenvalue weighted by molar-refractivity contribution is 0.762. The summed E-state index contributed by atoms with van der Waals surface area (Å²) in [7, 11) is 2.06. The van der Waals surface area contributed by atoms with Gasteiger partial charge in [-0.15, -0.1) is 0 Å². The molecular formula is C24H21N. The zero-order chi connectivity index (χ0) is 17.4. The standard InChI is InChI=1S/C24H21N/c1-4-10-18(5-2)24(19-15-16-25(3)17-19)22-13-8-6-11-20(22)21-12-7-9-14-23(21)24/h4-17H,1-2H2,3H3/b18-10+. The molecule has 2 aromatic carbocycles. The molecule has 0 radical (unpaired) electrons. The van der Waals surface area contributed by atoms with Gasteiger partial charge in [0.1, 0.15) is 0 Å². The van der Waals surface area contributed by atoms with Crippen LogP contribution in [0.2, 0.25) is 0 Å². The summed E-state index contributed by atoms with van der Waals surface area (Å²) in [6.07, 6.45) is 10.2. The Labute approximate surface area is 149 Å². The van der Waals surface area contributed by atoms with Crippen LogP contribution >= 0.6 is 0 Å². The highest BCUT2D eigenvalue weighted by Gasteiger charge is 2.46. The molecule has 1 aliphatic carbocycles. The number of benzene rings is 2. The Kier molecular flexibility index (Phi) is 3.58. The van der Waals surface area contributed by atoms with Crippen LogP contribution in [0.25, 0.3) is 11.1 Å². The number of nitrogens with zero attached hydrogens (tertiary/aromatic N) is 1. The minimum absolute atomic E-state index is 0.357. The molecule has 3 aromatic rings. The molecule has 0 N–H and O–H groups in total. The number of fused-ring (bicyclic) bond motifs is 3. The van der Waals surface area contributed by atoms with Crippen LogP contribution in [0.3, 0.4) is 0 Å². The quantitative estimate of drug-likeness (QED) is 0.548. The number of hydrogen-bond acceptors (Lipinski definition) is 0. The molecule has 0 amide bonds. The maximum absolute atomic E-state index is 4.12. The lowest BCUT2D eigenvalue weighted by atomic mass is 9.68. The van der Waals surface area contributed by atoms with E-state index in [0.29, 0.717) is 0 Å². The molecule has 1 aromatic heterocycles. The van der Waals surface area contributed by atoms with Gasteiger partial charge in [-0.2, -0.15) is 0 Å². The van der Waals surface area contributed by atoms with Crippen LogP contribution in [0.1, 0.15) is 16.7 Å². The van der Waals surface area contributed by atoms with Crippen molar-refractivity contribution in [1.82, 2.24) is 4.57 Å². The van der Waals surface area contributed by atoms with Gasteiger partial charge in [0.25, 0.3) is 0 Å². The average Bonchev–Trinajstić information content (AvgIpc) is 3.20. The van der Waals surface area contributed by atoms with Crippen molar-refractivity contribution >= 4 is 0 Å². The highest BCUT2D eigenvalue weighted by molar-refractivity contribution is 5.86. The molecule has 1 heteroatoms. The van der Waals surface area contributed by atoms with Gasteiger partial charge in [-0.25, -0.2) is 0 Å². The molecule has 4 rings (SSSR count). The smallest absolute Gasteiger partial charge is 0.0727 e. The SMILES string of the molecule is C=C/C=C(\C=C)C1(c2ccn(C)c2)c2ccccc2-c2ccccc21. The lowest BCUT2D eigenvalue weighted by Crippen LogP contribution is -2.28. The van der Waals surface area contributed by atoms with Gasteiger partial charge in [-0.05, 0) is 39.5 Å². The van der Waals surface area contributed by atoms with E-state index in [1.54, 1.807) is 0 Å². The first-order valence-electron chi connectivity index (χ1n) is 8.51. The van der Waals surface area contributed by atoms with Crippen molar-refractivity contribution < 1.29 is 0 Å². The maximum atomic E-state index is 4.12. The van der Waals surface area contributed by atoms with E-state index >= 15 is 0 Å². The van der Waals surface area contributed by atoms with Crippen molar-refractivity contribution in [3.63, 3.8) is 0 Å². The van der Waals surface area contributed by atoms with Gasteiger partial charge in [0, 0.05) is 19.4 Å². The zero-order valence-corrected chi connectivity index (χ0v) is 14.4. The molecular weight excluding hydrogens is 302 g/mol. The number of aromatic nitrogens is 1. The molecule has 0 aliphatic heterocycles. The Balaban J connectivity index is 2.20. The Morgan fingerprint density at radius 3 is 2.00 bits per heavy atom. The van der Waals surface area contributed by atoms with Crippen LogP contribution in [0, 0.1) is 0 Å². The summed E-state index contributed by atoms with van der Waals surface area (Å²) < 4.78 is 2.11. The summed E-state index contributed by atoms with van der Waals surface area (Å²) in [6, 6.07) is 19.6. The average molecular weight is 323 g/mol. The van der Waals surface area contributed by atoms with E-state index in [-0.39, 0.29) is 5.41 Å². The van der Waals surface area contributed by atoms with Crippen LogP contribution in [0.4, 0.5) is 0 Å². The third kappa shape index (κ3) is 2.02. The first kappa shape index (κ1) is 15.5. The number of hydrogen-bond donors (Lipinski definition) is 0. The maximum Gasteiger partial charge on any atom is 0.0727 e. The van der Waals surface area contributed by atoms with E-state index in [0.717, 1.165) is 5.57 Å². The summed E-state index contributed by atoms with van der Waals surface area (Å²) in [6.45, 7) is 8.06. The monoisotopic (exact) mass is 323 g/mol. The van der Waals surface area contributed by atoms with Crippen molar-refractivity contribution in [2.24, 2.45) is 7.05 Å². The highest BCUT2D eigenvalue weighted by Crippen LogP contribution is 2.56. The van der Waals surface area contributed by atoms with Gasteiger partial charge in [-0.3, -0.25) is 0 Å². The molecule has 0 bridgehead atoms. The van der Waals surface area contributed by atoms with Gasteiger partial charge in [-0.1, -0.05) is 79.9 Å². The normalized spacial score (nSPS) is 14.7. The Morgan fingerprint density at radius 2 is 1.52 bits per heavy atom. The van der Waals surface area contributed by atoms with Gasteiger partial charge in [0.2, 0.25) is 0 Å². The molecule has 1 aliphatic rings. The number of rotatable bonds is 4. The molecule has 25 heavy (non-hydrogen) atoms. The second-order valence-corrected chi connectivity index (χ2v) is 6.47. The van der Waals surface area contributed by atoms with Crippen molar-refractivity contribution in [1.29, 1.82) is 0 Å². The highest BCUT2D eigenvalue weighted by atomic mass is 14.9. The van der Waals surface area contributed by atoms with Crippen molar-refractivity contribution in [3.8, 4) is 11.1 Å². The van der Waals surface area contributed by atoms with E-state index in [1.165, 1.54) is 27.8 Å². The topological polar surface area (TPSA) is 4.93 Å². The van der Waals surface area contributed by atoms with E-state index in [9.17, 15) is 0 Å². The predicted octanol–water partition coefficient (Wildman–Crippen LogP) is 5.64. The molecule has 1 heterocycles. The molecule has 1 nitrogen and oxygen atoms in total. The van der Waals surface area contributed by atoms with Gasteiger partial charge >= 0.3 is 0 Å². The summed E-state index contributed by atoms with van der Waals surface area (Å²) in [5.41, 5.74) is 7.22. The van der Waals surface area contributed by atoms with Gasteiger partial charge in [0.05, 0.1) is 5.41 Å². The summed E-state index contributed by atoms with van der Waals surface area (Å²) in [5.74, 6) is 0. The third-order valence-corrected chi connectivity index (χ3v) is 5.17. The van der Waals surface area contributed by atoms with E-state index < -0.39 is 0 Å². The predicted molar refractivity (Wildman–Crippen MR) is 106 cm³/mol. The van der Waals surface area contributed by atoms with Crippen molar-refractivity contribution in [2.75, 3.05) is 0 Å². The second-order valence-electron chi connectivity index (χ2n) is 6.47. The largest absolute Gasteiger partial charge is 0.357 e. The molecule has 0 fully saturated rings. The van der Waals surface area contributed by atoms with Crippen LogP contribution in [0.5, 0.6) is 0 Å². The Hall–Kier alpha value is -3.06. The number of allylic oxidation sites excluding steroid dienone is 4. The molecule has 0 saturated carbocycles. The van der Waals surface area contributed by atoms with Gasteiger partial charge < -0.3 is 4.57 Å². The van der Waals surface area contributed by atoms with Gasteiger partial charge in [0.15, 0.2) is 0 Å². The number of aryl methyl sites for hydroxylation is 1. The van der Waals surface area contributed by atoms with E-state index in [4.69, 9.17) is 0 Å². The molecule has 0 saturated heterocycles. The minimum atomic E-state index is -0.357. The summed E-state index contributed by atoms with van der Waals surface area (Å²) in [5, 5.41) is 0. The fourth-order valence-electron chi connectivity index (χ4n) is 4.22. The van der Waals surface area contributed by atoms with Crippen LogP contribution in [-0.4, -0.2) is 4.57 Å². The molecule has 122 valence electrons. The molecule has 0 spiro atoms. The van der Waals surface area contributed by atoms with Crippen LogP contribution < -0.4 is 0 Å². The first-order chi connectivity index (χ1) is 12.2. The molecule has 0 unspecified atom stereocenters. The fraction of sp³-hybridized carbons (Fsp3) is 0.0833. The van der Waals surface area contributed by atoms with Crippen LogP contribution in [0.15, 0.2) is 104 Å². The Morgan fingerprint density at radius 1 is 0.920 bits per heavy atom. The second kappa shape index (κ2) is 5.78. The van der Waals surface area contributed by atoms with Crippen molar-refractivity contribution in [2.45, 2.75) is 5.41 Å². The lowest BCUT2D eigenvalue weighted by Gasteiger charge is -2.33. The van der Waals surface area contributed by atoms with Crippen LogP contribution in [-0.2, 0) is 12.5 Å². The summed E-state index contributed by atoms with van der Waals surface area (Å²) in [4.78, 5) is 0. The zero-order valence-electron chi connectivity index (χ0n) is 14.4. The Bertz CT molecular complexity index is 955. The van der Waals surface area contributed by atoms with E-state index in [2.05, 4.69) is 97.8 Å². The third-order valence-electron chi connectivity index (χ3n) is 5.17. The van der Waals surface area contributed by atoms with E-state index in [1.807, 2.05) is 12.2 Å². The van der Waals surface area contributed by atoms with Crippen molar-refractivity contribution in [3.05, 3.63) is 121 Å².